The third kappa shape index (κ3) is 3.62. The minimum absolute atomic E-state index is 0.0713. The maximum Gasteiger partial charge on any atom is 0.315 e. The highest BCUT2D eigenvalue weighted by Gasteiger charge is 2.42. The van der Waals surface area contributed by atoms with Crippen LogP contribution in [0.4, 0.5) is 4.79 Å². The number of hydrogen-bond acceptors (Lipinski definition) is 1. The molecule has 2 aliphatic rings. The summed E-state index contributed by atoms with van der Waals surface area (Å²) in [5.74, 6) is 2.36. The standard InChI is InChI=1S/C23H28N2O/c1-16(21-15-17-12-13-20(21)14-17)24-23(26)25-22(18-8-4-2-5-9-18)19-10-6-3-7-11-19/h2-11,16-17,20-22H,12-15H2,1H3,(H2,24,25,26). The first-order chi connectivity index (χ1) is 12.7. The first kappa shape index (κ1) is 17.1. The number of amides is 2. The van der Waals surface area contributed by atoms with Crippen LogP contribution in [-0.4, -0.2) is 12.1 Å². The Hall–Kier alpha value is -2.29. The lowest BCUT2D eigenvalue weighted by Crippen LogP contribution is -2.46. The molecule has 0 spiro atoms. The number of rotatable bonds is 5. The molecule has 4 atom stereocenters. The second-order valence-corrected chi connectivity index (χ2v) is 8.00. The van der Waals surface area contributed by atoms with Gasteiger partial charge in [0.05, 0.1) is 6.04 Å². The fourth-order valence-corrected chi connectivity index (χ4v) is 5.04. The molecule has 0 aliphatic heterocycles. The van der Waals surface area contributed by atoms with E-state index in [0.29, 0.717) is 5.92 Å². The number of benzene rings is 2. The number of urea groups is 1. The molecule has 2 aromatic rings. The van der Waals surface area contributed by atoms with Gasteiger partial charge in [0.1, 0.15) is 0 Å². The number of nitrogens with one attached hydrogen (secondary N) is 2. The van der Waals surface area contributed by atoms with Gasteiger partial charge < -0.3 is 10.6 Å². The van der Waals surface area contributed by atoms with Gasteiger partial charge in [0.25, 0.3) is 0 Å². The van der Waals surface area contributed by atoms with Crippen LogP contribution in [-0.2, 0) is 0 Å². The van der Waals surface area contributed by atoms with E-state index in [1.54, 1.807) is 0 Å². The number of carbonyl (C=O) groups excluding carboxylic acids is 1. The summed E-state index contributed by atoms with van der Waals surface area (Å²) in [6, 6.07) is 20.4. The molecule has 2 fully saturated rings. The van der Waals surface area contributed by atoms with Crippen LogP contribution >= 0.6 is 0 Å². The highest BCUT2D eigenvalue weighted by Crippen LogP contribution is 2.49. The Kier molecular flexibility index (Phi) is 4.96. The van der Waals surface area contributed by atoms with Gasteiger partial charge in [-0.15, -0.1) is 0 Å². The van der Waals surface area contributed by atoms with E-state index < -0.39 is 0 Å². The van der Waals surface area contributed by atoms with Crippen molar-refractivity contribution in [3.05, 3.63) is 71.8 Å². The lowest BCUT2D eigenvalue weighted by molar-refractivity contribution is 0.218. The van der Waals surface area contributed by atoms with Crippen LogP contribution in [0, 0.1) is 17.8 Å². The summed E-state index contributed by atoms with van der Waals surface area (Å²) < 4.78 is 0. The van der Waals surface area contributed by atoms with Crippen molar-refractivity contribution >= 4 is 6.03 Å². The first-order valence-corrected chi connectivity index (χ1v) is 9.87. The number of fused-ring (bicyclic) bond motifs is 2. The van der Waals surface area contributed by atoms with Crippen molar-refractivity contribution in [1.82, 2.24) is 10.6 Å². The third-order valence-corrected chi connectivity index (χ3v) is 6.34. The zero-order valence-corrected chi connectivity index (χ0v) is 15.4. The van der Waals surface area contributed by atoms with Crippen molar-refractivity contribution in [2.24, 2.45) is 17.8 Å². The molecule has 0 saturated heterocycles. The summed E-state index contributed by atoms with van der Waals surface area (Å²) in [7, 11) is 0. The van der Waals surface area contributed by atoms with E-state index in [0.717, 1.165) is 23.0 Å². The monoisotopic (exact) mass is 348 g/mol. The van der Waals surface area contributed by atoms with Gasteiger partial charge in [-0.05, 0) is 55.1 Å². The van der Waals surface area contributed by atoms with Crippen molar-refractivity contribution in [3.63, 3.8) is 0 Å². The Bertz CT molecular complexity index is 691. The van der Waals surface area contributed by atoms with E-state index in [1.165, 1.54) is 25.7 Å². The van der Waals surface area contributed by atoms with E-state index >= 15 is 0 Å². The van der Waals surface area contributed by atoms with Crippen LogP contribution in [0.25, 0.3) is 0 Å². The molecular formula is C23H28N2O. The molecule has 2 aliphatic carbocycles. The molecule has 3 nitrogen and oxygen atoms in total. The second kappa shape index (κ2) is 7.53. The molecule has 26 heavy (non-hydrogen) atoms. The number of hydrogen-bond donors (Lipinski definition) is 2. The average Bonchev–Trinajstić information content (AvgIpc) is 3.31. The average molecular weight is 348 g/mol. The lowest BCUT2D eigenvalue weighted by Gasteiger charge is -2.29. The third-order valence-electron chi connectivity index (χ3n) is 6.34. The molecule has 0 aromatic heterocycles. The lowest BCUT2D eigenvalue weighted by atomic mass is 9.84. The Labute approximate surface area is 156 Å². The van der Waals surface area contributed by atoms with Crippen LogP contribution in [0.3, 0.4) is 0 Å². The SMILES string of the molecule is CC(NC(=O)NC(c1ccccc1)c1ccccc1)C1CC2CCC1C2. The van der Waals surface area contributed by atoms with Crippen LogP contribution < -0.4 is 10.6 Å². The Balaban J connectivity index is 1.44. The van der Waals surface area contributed by atoms with Crippen molar-refractivity contribution in [1.29, 1.82) is 0 Å². The fraction of sp³-hybridized carbons (Fsp3) is 0.435. The molecule has 4 rings (SSSR count). The van der Waals surface area contributed by atoms with Gasteiger partial charge in [0.2, 0.25) is 0 Å². The van der Waals surface area contributed by atoms with E-state index in [4.69, 9.17) is 0 Å². The molecule has 2 bridgehead atoms. The Morgan fingerprint density at radius 2 is 1.50 bits per heavy atom. The normalized spacial score (nSPS) is 25.2. The van der Waals surface area contributed by atoms with Crippen LogP contribution in [0.1, 0.15) is 49.8 Å². The van der Waals surface area contributed by atoms with Gasteiger partial charge in [-0.1, -0.05) is 67.1 Å². The van der Waals surface area contributed by atoms with Gasteiger partial charge in [0, 0.05) is 6.04 Å². The predicted molar refractivity (Wildman–Crippen MR) is 105 cm³/mol. The summed E-state index contributed by atoms with van der Waals surface area (Å²) in [6.45, 7) is 2.17. The molecule has 2 saturated carbocycles. The summed E-state index contributed by atoms with van der Waals surface area (Å²) in [6.07, 6.45) is 5.39. The molecule has 0 radical (unpaired) electrons. The zero-order valence-electron chi connectivity index (χ0n) is 15.4. The summed E-state index contributed by atoms with van der Waals surface area (Å²) in [5.41, 5.74) is 2.20. The zero-order chi connectivity index (χ0) is 17.9. The molecule has 4 unspecified atom stereocenters. The molecule has 2 aromatic carbocycles. The molecule has 2 amide bonds. The van der Waals surface area contributed by atoms with Gasteiger partial charge in [-0.25, -0.2) is 4.79 Å². The minimum Gasteiger partial charge on any atom is -0.335 e. The molecule has 0 heterocycles. The molecule has 3 heteroatoms. The van der Waals surface area contributed by atoms with Gasteiger partial charge in [0.15, 0.2) is 0 Å². The molecular weight excluding hydrogens is 320 g/mol. The van der Waals surface area contributed by atoms with Crippen molar-refractivity contribution in [2.45, 2.75) is 44.7 Å². The Morgan fingerprint density at radius 3 is 2.00 bits per heavy atom. The van der Waals surface area contributed by atoms with Crippen LogP contribution in [0.15, 0.2) is 60.7 Å². The largest absolute Gasteiger partial charge is 0.335 e. The van der Waals surface area contributed by atoms with Gasteiger partial charge >= 0.3 is 6.03 Å². The summed E-state index contributed by atoms with van der Waals surface area (Å²) >= 11 is 0. The topological polar surface area (TPSA) is 41.1 Å². The van der Waals surface area contributed by atoms with Crippen LogP contribution in [0.5, 0.6) is 0 Å². The van der Waals surface area contributed by atoms with E-state index in [2.05, 4.69) is 41.8 Å². The van der Waals surface area contributed by atoms with Gasteiger partial charge in [-0.2, -0.15) is 0 Å². The van der Waals surface area contributed by atoms with Crippen molar-refractivity contribution in [2.75, 3.05) is 0 Å². The van der Waals surface area contributed by atoms with E-state index in [9.17, 15) is 4.79 Å². The van der Waals surface area contributed by atoms with Crippen LogP contribution in [0.2, 0.25) is 0 Å². The second-order valence-electron chi connectivity index (χ2n) is 8.00. The number of carbonyl (C=O) groups is 1. The minimum atomic E-state index is -0.135. The van der Waals surface area contributed by atoms with Crippen molar-refractivity contribution < 1.29 is 4.79 Å². The van der Waals surface area contributed by atoms with Gasteiger partial charge in [-0.3, -0.25) is 0 Å². The molecule has 2 N–H and O–H groups in total. The summed E-state index contributed by atoms with van der Waals surface area (Å²) in [5, 5.41) is 6.42. The maximum atomic E-state index is 12.8. The maximum absolute atomic E-state index is 12.8. The Morgan fingerprint density at radius 1 is 0.885 bits per heavy atom. The first-order valence-electron chi connectivity index (χ1n) is 9.87. The van der Waals surface area contributed by atoms with E-state index in [1.807, 2.05) is 36.4 Å². The highest BCUT2D eigenvalue weighted by molar-refractivity contribution is 5.75. The molecule has 136 valence electrons. The predicted octanol–water partition coefficient (Wildman–Crippen LogP) is 4.90. The summed E-state index contributed by atoms with van der Waals surface area (Å²) in [4.78, 5) is 12.8. The van der Waals surface area contributed by atoms with Crippen molar-refractivity contribution in [3.8, 4) is 0 Å². The quantitative estimate of drug-likeness (QED) is 0.793. The van der Waals surface area contributed by atoms with E-state index in [-0.39, 0.29) is 18.1 Å². The smallest absolute Gasteiger partial charge is 0.315 e. The highest BCUT2D eigenvalue weighted by atomic mass is 16.2. The fourth-order valence-electron chi connectivity index (χ4n) is 5.04.